The van der Waals surface area contributed by atoms with Crippen molar-refractivity contribution in [1.29, 1.82) is 0 Å². The molecule has 154 valence electrons. The number of nitrogens with two attached hydrogens (primary N) is 1. The number of rotatable bonds is 8. The molecule has 0 aliphatic carbocycles. The Hall–Kier alpha value is -3.87. The second-order valence-corrected chi connectivity index (χ2v) is 6.75. The highest BCUT2D eigenvalue weighted by molar-refractivity contribution is 6.04. The van der Waals surface area contributed by atoms with E-state index >= 15 is 0 Å². The van der Waals surface area contributed by atoms with Crippen molar-refractivity contribution >= 4 is 23.3 Å². The molecule has 0 unspecified atom stereocenters. The summed E-state index contributed by atoms with van der Waals surface area (Å²) < 4.78 is 5.19. The number of carbonyl (C=O) groups excluding carboxylic acids is 2. The molecule has 0 aliphatic heterocycles. The third kappa shape index (κ3) is 6.07. The van der Waals surface area contributed by atoms with Gasteiger partial charge in [-0.2, -0.15) is 0 Å². The third-order valence-electron chi connectivity index (χ3n) is 4.52. The SMILES string of the molecule is COc1cccc(CCC(=O)NCc2ccc(C(=O)Nc3ccnc(N)c3)cc2)c1. The van der Waals surface area contributed by atoms with Crippen molar-refractivity contribution in [2.24, 2.45) is 0 Å². The van der Waals surface area contributed by atoms with Gasteiger partial charge in [0.05, 0.1) is 7.11 Å². The van der Waals surface area contributed by atoms with Gasteiger partial charge in [0.1, 0.15) is 11.6 Å². The van der Waals surface area contributed by atoms with E-state index in [-0.39, 0.29) is 11.8 Å². The van der Waals surface area contributed by atoms with Crippen molar-refractivity contribution in [2.75, 3.05) is 18.2 Å². The van der Waals surface area contributed by atoms with Crippen molar-refractivity contribution in [3.8, 4) is 5.75 Å². The summed E-state index contributed by atoms with van der Waals surface area (Å²) in [5, 5.41) is 5.67. The van der Waals surface area contributed by atoms with E-state index in [2.05, 4.69) is 15.6 Å². The number of aromatic nitrogens is 1. The molecule has 3 rings (SSSR count). The number of aryl methyl sites for hydroxylation is 1. The first-order chi connectivity index (χ1) is 14.5. The molecular formula is C23H24N4O3. The number of benzene rings is 2. The zero-order valence-electron chi connectivity index (χ0n) is 16.7. The molecule has 0 saturated heterocycles. The van der Waals surface area contributed by atoms with Crippen molar-refractivity contribution < 1.29 is 14.3 Å². The summed E-state index contributed by atoms with van der Waals surface area (Å²) in [5.41, 5.74) is 8.67. The van der Waals surface area contributed by atoms with Crippen LogP contribution >= 0.6 is 0 Å². The molecule has 0 aliphatic rings. The summed E-state index contributed by atoms with van der Waals surface area (Å²) in [7, 11) is 1.62. The number of methoxy groups -OCH3 is 1. The molecule has 0 bridgehead atoms. The average molecular weight is 404 g/mol. The molecule has 1 aromatic heterocycles. The van der Waals surface area contributed by atoms with Crippen molar-refractivity contribution in [2.45, 2.75) is 19.4 Å². The monoisotopic (exact) mass is 404 g/mol. The number of hydrogen-bond acceptors (Lipinski definition) is 5. The Morgan fingerprint density at radius 2 is 1.83 bits per heavy atom. The lowest BCUT2D eigenvalue weighted by Gasteiger charge is -2.08. The van der Waals surface area contributed by atoms with Gasteiger partial charge in [-0.15, -0.1) is 0 Å². The molecule has 2 amide bonds. The van der Waals surface area contributed by atoms with Crippen molar-refractivity contribution in [3.05, 3.63) is 83.6 Å². The maximum Gasteiger partial charge on any atom is 0.255 e. The van der Waals surface area contributed by atoms with Crippen LogP contribution in [0, 0.1) is 0 Å². The Kier molecular flexibility index (Phi) is 7.00. The summed E-state index contributed by atoms with van der Waals surface area (Å²) >= 11 is 0. The number of nitrogens with one attached hydrogen (secondary N) is 2. The lowest BCUT2D eigenvalue weighted by molar-refractivity contribution is -0.121. The van der Waals surface area contributed by atoms with Crippen molar-refractivity contribution in [1.82, 2.24) is 10.3 Å². The summed E-state index contributed by atoms with van der Waals surface area (Å²) in [6.45, 7) is 0.403. The van der Waals surface area contributed by atoms with E-state index in [1.165, 1.54) is 6.20 Å². The fraction of sp³-hybridized carbons (Fsp3) is 0.174. The van der Waals surface area contributed by atoms with E-state index in [1.807, 2.05) is 36.4 Å². The molecule has 0 radical (unpaired) electrons. The second kappa shape index (κ2) is 10.1. The predicted molar refractivity (Wildman–Crippen MR) is 116 cm³/mol. The van der Waals surface area contributed by atoms with Crippen LogP contribution in [0.3, 0.4) is 0 Å². The Morgan fingerprint density at radius 3 is 2.57 bits per heavy atom. The minimum Gasteiger partial charge on any atom is -0.497 e. The molecule has 0 atom stereocenters. The Bertz CT molecular complexity index is 1020. The minimum atomic E-state index is -0.241. The van der Waals surface area contributed by atoms with E-state index in [1.54, 1.807) is 31.4 Å². The molecule has 1 heterocycles. The van der Waals surface area contributed by atoms with Crippen LogP contribution in [0.5, 0.6) is 5.75 Å². The van der Waals surface area contributed by atoms with E-state index in [0.717, 1.165) is 16.9 Å². The van der Waals surface area contributed by atoms with Gasteiger partial charge in [0, 0.05) is 36.5 Å². The molecule has 0 spiro atoms. The maximum atomic E-state index is 12.3. The van der Waals surface area contributed by atoms with Gasteiger partial charge in [-0.05, 0) is 47.9 Å². The number of pyridine rings is 1. The smallest absolute Gasteiger partial charge is 0.255 e. The molecule has 7 heteroatoms. The summed E-state index contributed by atoms with van der Waals surface area (Å²) in [4.78, 5) is 28.3. The van der Waals surface area contributed by atoms with Gasteiger partial charge in [-0.1, -0.05) is 24.3 Å². The van der Waals surface area contributed by atoms with Gasteiger partial charge >= 0.3 is 0 Å². The quantitative estimate of drug-likeness (QED) is 0.535. The van der Waals surface area contributed by atoms with Crippen LogP contribution in [0.25, 0.3) is 0 Å². The topological polar surface area (TPSA) is 106 Å². The molecule has 4 N–H and O–H groups in total. The zero-order valence-corrected chi connectivity index (χ0v) is 16.7. The molecule has 2 aromatic carbocycles. The fourth-order valence-corrected chi connectivity index (χ4v) is 2.88. The van der Waals surface area contributed by atoms with Gasteiger partial charge in [-0.3, -0.25) is 9.59 Å². The number of ether oxygens (including phenoxy) is 1. The minimum absolute atomic E-state index is 0.0325. The highest BCUT2D eigenvalue weighted by Crippen LogP contribution is 2.14. The fourth-order valence-electron chi connectivity index (χ4n) is 2.88. The van der Waals surface area contributed by atoms with Crippen LogP contribution in [0.1, 0.15) is 27.9 Å². The second-order valence-electron chi connectivity index (χ2n) is 6.75. The Balaban J connectivity index is 1.46. The summed E-state index contributed by atoms with van der Waals surface area (Å²) in [6.07, 6.45) is 2.56. The molecular weight excluding hydrogens is 380 g/mol. The molecule has 7 nitrogen and oxygen atoms in total. The number of anilines is 2. The number of nitrogen functional groups attached to an aromatic ring is 1. The van der Waals surface area contributed by atoms with E-state index in [0.29, 0.717) is 36.5 Å². The molecule has 30 heavy (non-hydrogen) atoms. The third-order valence-corrected chi connectivity index (χ3v) is 4.52. The van der Waals surface area contributed by atoms with Crippen LogP contribution < -0.4 is 21.1 Å². The predicted octanol–water partition coefficient (Wildman–Crippen LogP) is 3.17. The largest absolute Gasteiger partial charge is 0.497 e. The highest BCUT2D eigenvalue weighted by Gasteiger charge is 2.08. The van der Waals surface area contributed by atoms with Gasteiger partial charge in [0.25, 0.3) is 5.91 Å². The Labute approximate surface area is 175 Å². The normalized spacial score (nSPS) is 10.3. The number of nitrogens with zero attached hydrogens (tertiary/aromatic N) is 1. The van der Waals surface area contributed by atoms with Crippen LogP contribution in [0.2, 0.25) is 0 Å². The maximum absolute atomic E-state index is 12.3. The number of hydrogen-bond donors (Lipinski definition) is 3. The molecule has 3 aromatic rings. The van der Waals surface area contributed by atoms with Crippen LogP contribution in [0.4, 0.5) is 11.5 Å². The lowest BCUT2D eigenvalue weighted by atomic mass is 10.1. The lowest BCUT2D eigenvalue weighted by Crippen LogP contribution is -2.23. The first kappa shape index (κ1) is 20.9. The highest BCUT2D eigenvalue weighted by atomic mass is 16.5. The van der Waals surface area contributed by atoms with Crippen LogP contribution in [0.15, 0.2) is 66.9 Å². The van der Waals surface area contributed by atoms with Gasteiger partial charge in [-0.25, -0.2) is 4.98 Å². The summed E-state index contributed by atoms with van der Waals surface area (Å²) in [5.74, 6) is 0.846. The standard InChI is InChI=1S/C23H24N4O3/c1-30-20-4-2-3-16(13-20)7-10-22(28)26-15-17-5-8-18(9-6-17)23(29)27-19-11-12-25-21(24)14-19/h2-6,8-9,11-14H,7,10,15H2,1H3,(H,26,28)(H3,24,25,27,29). The molecule has 0 fully saturated rings. The van der Waals surface area contributed by atoms with Crippen LogP contribution in [-0.2, 0) is 17.8 Å². The zero-order chi connectivity index (χ0) is 21.3. The first-order valence-corrected chi connectivity index (χ1v) is 9.55. The van der Waals surface area contributed by atoms with Gasteiger partial charge in [0.15, 0.2) is 0 Å². The van der Waals surface area contributed by atoms with Crippen LogP contribution in [-0.4, -0.2) is 23.9 Å². The van der Waals surface area contributed by atoms with E-state index in [9.17, 15) is 9.59 Å². The van der Waals surface area contributed by atoms with Gasteiger partial charge < -0.3 is 21.1 Å². The van der Waals surface area contributed by atoms with E-state index in [4.69, 9.17) is 10.5 Å². The van der Waals surface area contributed by atoms with Crippen molar-refractivity contribution in [3.63, 3.8) is 0 Å². The van der Waals surface area contributed by atoms with Gasteiger partial charge in [0.2, 0.25) is 5.91 Å². The number of carbonyl (C=O) groups is 2. The molecule has 0 saturated carbocycles. The Morgan fingerprint density at radius 1 is 1.03 bits per heavy atom. The average Bonchev–Trinajstić information content (AvgIpc) is 2.76. The number of amides is 2. The first-order valence-electron chi connectivity index (χ1n) is 9.55. The van der Waals surface area contributed by atoms with E-state index < -0.39 is 0 Å². The summed E-state index contributed by atoms with van der Waals surface area (Å²) in [6, 6.07) is 18.0.